The zero-order valence-corrected chi connectivity index (χ0v) is 16.8. The lowest BCUT2D eigenvalue weighted by Crippen LogP contribution is -2.31. The predicted octanol–water partition coefficient (Wildman–Crippen LogP) is 3.95. The molecule has 0 spiro atoms. The minimum absolute atomic E-state index is 0.0957. The standard InChI is InChI=1S/C18H20Cl2N2O3S/c1-3-22(4-2)26(24,25)16-7-5-6-13(10-16)18(23)21-12-14-8-9-15(19)11-17(14)20/h5-11H,3-4,12H2,1-2H3,(H,21,23). The SMILES string of the molecule is CCN(CC)S(=O)(=O)c1cccc(C(=O)NCc2ccc(Cl)cc2Cl)c1. The monoisotopic (exact) mass is 414 g/mol. The number of carbonyl (C=O) groups is 1. The first-order chi connectivity index (χ1) is 12.3. The number of nitrogens with zero attached hydrogens (tertiary/aromatic N) is 1. The maximum atomic E-state index is 12.6. The molecular formula is C18H20Cl2N2O3S. The van der Waals surface area contributed by atoms with Crippen molar-refractivity contribution in [1.82, 2.24) is 9.62 Å². The van der Waals surface area contributed by atoms with E-state index in [1.807, 2.05) is 0 Å². The van der Waals surface area contributed by atoms with Gasteiger partial charge in [0.2, 0.25) is 10.0 Å². The van der Waals surface area contributed by atoms with E-state index in [9.17, 15) is 13.2 Å². The van der Waals surface area contributed by atoms with Crippen molar-refractivity contribution < 1.29 is 13.2 Å². The first kappa shape index (κ1) is 20.7. The summed E-state index contributed by atoms with van der Waals surface area (Å²) in [6.07, 6.45) is 0. The van der Waals surface area contributed by atoms with Crippen molar-refractivity contribution >= 4 is 39.1 Å². The molecule has 0 unspecified atom stereocenters. The van der Waals surface area contributed by atoms with Crippen molar-refractivity contribution in [2.24, 2.45) is 0 Å². The van der Waals surface area contributed by atoms with Crippen LogP contribution in [-0.2, 0) is 16.6 Å². The third kappa shape index (κ3) is 4.76. The van der Waals surface area contributed by atoms with Gasteiger partial charge in [-0.15, -0.1) is 0 Å². The average Bonchev–Trinajstić information content (AvgIpc) is 2.61. The molecule has 1 amide bonds. The largest absolute Gasteiger partial charge is 0.348 e. The zero-order valence-electron chi connectivity index (χ0n) is 14.5. The smallest absolute Gasteiger partial charge is 0.251 e. The lowest BCUT2D eigenvalue weighted by atomic mass is 10.2. The van der Waals surface area contributed by atoms with Crippen molar-refractivity contribution in [1.29, 1.82) is 0 Å². The molecule has 8 heteroatoms. The van der Waals surface area contributed by atoms with Crippen molar-refractivity contribution in [2.45, 2.75) is 25.3 Å². The van der Waals surface area contributed by atoms with Crippen LogP contribution in [0.4, 0.5) is 0 Å². The van der Waals surface area contributed by atoms with Crippen LogP contribution in [0.15, 0.2) is 47.4 Å². The van der Waals surface area contributed by atoms with E-state index < -0.39 is 10.0 Å². The molecule has 0 radical (unpaired) electrons. The first-order valence-electron chi connectivity index (χ1n) is 8.12. The summed E-state index contributed by atoms with van der Waals surface area (Å²) in [5.74, 6) is -0.382. The number of rotatable bonds is 7. The lowest BCUT2D eigenvalue weighted by molar-refractivity contribution is 0.0950. The Labute approximate surface area is 164 Å². The Kier molecular flexibility index (Phi) is 7.06. The van der Waals surface area contributed by atoms with Crippen molar-refractivity contribution in [3.63, 3.8) is 0 Å². The maximum Gasteiger partial charge on any atom is 0.251 e. The number of amides is 1. The van der Waals surface area contributed by atoms with Gasteiger partial charge in [0, 0.05) is 35.2 Å². The van der Waals surface area contributed by atoms with Gasteiger partial charge in [-0.05, 0) is 35.9 Å². The molecule has 0 heterocycles. The molecule has 2 aromatic carbocycles. The Morgan fingerprint density at radius 2 is 1.77 bits per heavy atom. The summed E-state index contributed by atoms with van der Waals surface area (Å²) in [5.41, 5.74) is 0.986. The third-order valence-electron chi connectivity index (χ3n) is 3.89. The fourth-order valence-corrected chi connectivity index (χ4v) is 4.43. The van der Waals surface area contributed by atoms with E-state index in [-0.39, 0.29) is 22.9 Å². The van der Waals surface area contributed by atoms with Crippen LogP contribution in [0.2, 0.25) is 10.0 Å². The fourth-order valence-electron chi connectivity index (χ4n) is 2.45. The molecule has 0 saturated heterocycles. The highest BCUT2D eigenvalue weighted by atomic mass is 35.5. The molecule has 140 valence electrons. The summed E-state index contributed by atoms with van der Waals surface area (Å²) >= 11 is 11.9. The summed E-state index contributed by atoms with van der Waals surface area (Å²) < 4.78 is 26.5. The van der Waals surface area contributed by atoms with E-state index in [0.29, 0.717) is 23.1 Å². The number of halogens is 2. The number of sulfonamides is 1. The van der Waals surface area contributed by atoms with E-state index in [1.165, 1.54) is 16.4 Å². The number of benzene rings is 2. The summed E-state index contributed by atoms with van der Waals surface area (Å²) in [6, 6.07) is 11.0. The van der Waals surface area contributed by atoms with Crippen LogP contribution in [0.3, 0.4) is 0 Å². The molecule has 5 nitrogen and oxygen atoms in total. The molecule has 26 heavy (non-hydrogen) atoms. The predicted molar refractivity (Wildman–Crippen MR) is 104 cm³/mol. The Hall–Kier alpha value is -1.60. The van der Waals surface area contributed by atoms with Gasteiger partial charge in [-0.3, -0.25) is 4.79 Å². The molecule has 0 aliphatic rings. The average molecular weight is 415 g/mol. The lowest BCUT2D eigenvalue weighted by Gasteiger charge is -2.18. The van der Waals surface area contributed by atoms with Crippen molar-refractivity contribution in [3.05, 3.63) is 63.6 Å². The van der Waals surface area contributed by atoms with Crippen LogP contribution in [0.5, 0.6) is 0 Å². The Balaban J connectivity index is 2.17. The van der Waals surface area contributed by atoms with Gasteiger partial charge in [0.05, 0.1) is 4.90 Å². The molecule has 0 aliphatic carbocycles. The van der Waals surface area contributed by atoms with Crippen LogP contribution < -0.4 is 5.32 Å². The van der Waals surface area contributed by atoms with Crippen LogP contribution in [0.25, 0.3) is 0 Å². The van der Waals surface area contributed by atoms with Gasteiger partial charge in [0.15, 0.2) is 0 Å². The van der Waals surface area contributed by atoms with Crippen LogP contribution in [0, 0.1) is 0 Å². The fraction of sp³-hybridized carbons (Fsp3) is 0.278. The highest BCUT2D eigenvalue weighted by Crippen LogP contribution is 2.21. The minimum atomic E-state index is -3.62. The maximum absolute atomic E-state index is 12.6. The molecule has 2 aromatic rings. The van der Waals surface area contributed by atoms with Gasteiger partial charge in [0.25, 0.3) is 5.91 Å². The Bertz CT molecular complexity index is 897. The second-order valence-corrected chi connectivity index (χ2v) is 8.32. The van der Waals surface area contributed by atoms with Crippen LogP contribution in [-0.4, -0.2) is 31.7 Å². The summed E-state index contributed by atoms with van der Waals surface area (Å²) in [5, 5.41) is 3.70. The van der Waals surface area contributed by atoms with E-state index in [0.717, 1.165) is 5.56 Å². The number of hydrogen-bond donors (Lipinski definition) is 1. The topological polar surface area (TPSA) is 66.5 Å². The quantitative estimate of drug-likeness (QED) is 0.745. The molecule has 2 rings (SSSR count). The van der Waals surface area contributed by atoms with Crippen LogP contribution in [0.1, 0.15) is 29.8 Å². The zero-order chi connectivity index (χ0) is 19.3. The number of hydrogen-bond acceptors (Lipinski definition) is 3. The molecule has 0 bridgehead atoms. The van der Waals surface area contributed by atoms with Gasteiger partial charge in [-0.25, -0.2) is 8.42 Å². The highest BCUT2D eigenvalue weighted by Gasteiger charge is 2.22. The molecule has 0 aromatic heterocycles. The van der Waals surface area contributed by atoms with E-state index in [2.05, 4.69) is 5.32 Å². The molecule has 0 atom stereocenters. The summed E-state index contributed by atoms with van der Waals surface area (Å²) in [4.78, 5) is 12.5. The highest BCUT2D eigenvalue weighted by molar-refractivity contribution is 7.89. The summed E-state index contributed by atoms with van der Waals surface area (Å²) in [7, 11) is -3.62. The van der Waals surface area contributed by atoms with E-state index >= 15 is 0 Å². The van der Waals surface area contributed by atoms with Gasteiger partial charge in [0.1, 0.15) is 0 Å². The third-order valence-corrected chi connectivity index (χ3v) is 6.53. The second-order valence-electron chi connectivity index (χ2n) is 5.54. The molecule has 0 aliphatic heterocycles. The summed E-state index contributed by atoms with van der Waals surface area (Å²) in [6.45, 7) is 4.48. The van der Waals surface area contributed by atoms with Gasteiger partial charge < -0.3 is 5.32 Å². The van der Waals surface area contributed by atoms with Gasteiger partial charge in [-0.1, -0.05) is 49.2 Å². The van der Waals surface area contributed by atoms with Crippen molar-refractivity contribution in [2.75, 3.05) is 13.1 Å². The Morgan fingerprint density at radius 3 is 2.38 bits per heavy atom. The van der Waals surface area contributed by atoms with Gasteiger partial charge in [-0.2, -0.15) is 4.31 Å². The molecule has 0 fully saturated rings. The molecule has 0 saturated carbocycles. The first-order valence-corrected chi connectivity index (χ1v) is 10.3. The Morgan fingerprint density at radius 1 is 1.08 bits per heavy atom. The molecular weight excluding hydrogens is 395 g/mol. The van der Waals surface area contributed by atoms with E-state index in [4.69, 9.17) is 23.2 Å². The normalized spacial score (nSPS) is 11.6. The number of nitrogens with one attached hydrogen (secondary N) is 1. The van der Waals surface area contributed by atoms with Crippen molar-refractivity contribution in [3.8, 4) is 0 Å². The van der Waals surface area contributed by atoms with E-state index in [1.54, 1.807) is 44.2 Å². The number of carbonyl (C=O) groups excluding carboxylic acids is 1. The molecule has 1 N–H and O–H groups in total. The second kappa shape index (κ2) is 8.86. The van der Waals surface area contributed by atoms with Crippen LogP contribution >= 0.6 is 23.2 Å². The van der Waals surface area contributed by atoms with Gasteiger partial charge >= 0.3 is 0 Å². The minimum Gasteiger partial charge on any atom is -0.348 e.